The van der Waals surface area contributed by atoms with Crippen LogP contribution in [0.1, 0.15) is 5.56 Å². The topological polar surface area (TPSA) is 35.5 Å². The van der Waals surface area contributed by atoms with Crippen LogP contribution in [-0.2, 0) is 9.53 Å². The first-order chi connectivity index (χ1) is 11.5. The van der Waals surface area contributed by atoms with Crippen LogP contribution in [0.5, 0.6) is 5.75 Å². The molecule has 0 saturated carbocycles. The summed E-state index contributed by atoms with van der Waals surface area (Å²) in [6, 6.07) is 18.8. The summed E-state index contributed by atoms with van der Waals surface area (Å²) in [7, 11) is 1.28. The lowest BCUT2D eigenvalue weighted by atomic mass is 10.1. The second kappa shape index (κ2) is 7.97. The van der Waals surface area contributed by atoms with Gasteiger partial charge in [0.05, 0.1) is 22.3 Å². The Morgan fingerprint density at radius 1 is 1.00 bits per heavy atom. The lowest BCUT2D eigenvalue weighted by molar-refractivity contribution is -0.135. The van der Waals surface area contributed by atoms with Crippen molar-refractivity contribution in [1.82, 2.24) is 0 Å². The van der Waals surface area contributed by atoms with E-state index < -0.39 is 8.07 Å². The van der Waals surface area contributed by atoms with Gasteiger partial charge in [0.25, 0.3) is 0 Å². The molecule has 0 radical (unpaired) electrons. The minimum absolute atomic E-state index is 0.262. The van der Waals surface area contributed by atoms with E-state index in [0.29, 0.717) is 5.57 Å². The molecule has 24 heavy (non-hydrogen) atoms. The SMILES string of the molecule is COC(=O)/C(=C/c1ccc(OC)cc1)C[Si](C)(C)c1ccccc1. The van der Waals surface area contributed by atoms with Crippen LogP contribution >= 0.6 is 0 Å². The molecule has 0 amide bonds. The van der Waals surface area contributed by atoms with Crippen molar-refractivity contribution >= 4 is 25.3 Å². The van der Waals surface area contributed by atoms with Gasteiger partial charge in [0.2, 0.25) is 0 Å². The van der Waals surface area contributed by atoms with Crippen LogP contribution in [0.15, 0.2) is 60.2 Å². The van der Waals surface area contributed by atoms with E-state index in [2.05, 4.69) is 37.4 Å². The standard InChI is InChI=1S/C20H24O3Si/c1-22-18-12-10-16(11-13-18)14-17(20(21)23-2)15-24(3,4)19-8-6-5-7-9-19/h5-14H,15H2,1-4H3/b17-14+. The Bertz CT molecular complexity index is 703. The van der Waals surface area contributed by atoms with E-state index in [1.807, 2.05) is 36.4 Å². The van der Waals surface area contributed by atoms with Crippen molar-refractivity contribution < 1.29 is 14.3 Å². The minimum Gasteiger partial charge on any atom is -0.497 e. The number of carbonyl (C=O) groups excluding carboxylic acids is 1. The molecule has 0 N–H and O–H groups in total. The summed E-state index contributed by atoms with van der Waals surface area (Å²) < 4.78 is 10.2. The molecule has 0 heterocycles. The van der Waals surface area contributed by atoms with Gasteiger partial charge >= 0.3 is 5.97 Å². The average molecular weight is 340 g/mol. The Labute approximate surface area is 144 Å². The largest absolute Gasteiger partial charge is 0.497 e. The Kier molecular flexibility index (Phi) is 5.98. The summed E-state index contributed by atoms with van der Waals surface area (Å²) >= 11 is 0. The maximum absolute atomic E-state index is 12.3. The van der Waals surface area contributed by atoms with Gasteiger partial charge in [-0.2, -0.15) is 0 Å². The molecular weight excluding hydrogens is 316 g/mol. The molecule has 2 aromatic carbocycles. The summed E-state index contributed by atoms with van der Waals surface area (Å²) in [5.74, 6) is 0.535. The molecule has 0 bridgehead atoms. The fourth-order valence-corrected chi connectivity index (χ4v) is 5.18. The Morgan fingerprint density at radius 3 is 2.17 bits per heavy atom. The third-order valence-corrected chi connectivity index (χ3v) is 7.25. The molecule has 0 aliphatic rings. The van der Waals surface area contributed by atoms with Gasteiger partial charge < -0.3 is 9.47 Å². The van der Waals surface area contributed by atoms with Gasteiger partial charge in [0, 0.05) is 5.57 Å². The van der Waals surface area contributed by atoms with Crippen LogP contribution < -0.4 is 9.92 Å². The highest BCUT2D eigenvalue weighted by Crippen LogP contribution is 2.22. The van der Waals surface area contributed by atoms with Gasteiger partial charge in [0.15, 0.2) is 0 Å². The number of esters is 1. The van der Waals surface area contributed by atoms with Crippen molar-refractivity contribution in [3.8, 4) is 5.75 Å². The number of ether oxygens (including phenoxy) is 2. The minimum atomic E-state index is -1.79. The molecule has 0 fully saturated rings. The van der Waals surface area contributed by atoms with E-state index in [0.717, 1.165) is 17.4 Å². The number of benzene rings is 2. The molecule has 0 aromatic heterocycles. The van der Waals surface area contributed by atoms with Gasteiger partial charge in [-0.05, 0) is 29.8 Å². The molecule has 0 aliphatic carbocycles. The predicted molar refractivity (Wildman–Crippen MR) is 101 cm³/mol. The van der Waals surface area contributed by atoms with Crippen LogP contribution in [0.25, 0.3) is 6.08 Å². The van der Waals surface area contributed by atoms with Crippen LogP contribution in [0.3, 0.4) is 0 Å². The predicted octanol–water partition coefficient (Wildman–Crippen LogP) is 3.87. The molecule has 126 valence electrons. The molecule has 2 aromatic rings. The lowest BCUT2D eigenvalue weighted by Crippen LogP contribution is -2.42. The Balaban J connectivity index is 2.31. The third kappa shape index (κ3) is 4.58. The fourth-order valence-electron chi connectivity index (χ4n) is 2.68. The van der Waals surface area contributed by atoms with Crippen LogP contribution in [-0.4, -0.2) is 28.3 Å². The van der Waals surface area contributed by atoms with Crippen molar-refractivity contribution in [2.24, 2.45) is 0 Å². The average Bonchev–Trinajstić information content (AvgIpc) is 2.61. The maximum atomic E-state index is 12.3. The number of hydrogen-bond acceptors (Lipinski definition) is 3. The van der Waals surface area contributed by atoms with E-state index in [1.54, 1.807) is 7.11 Å². The molecular formula is C20H24O3Si. The highest BCUT2D eigenvalue weighted by molar-refractivity contribution is 6.90. The number of rotatable bonds is 6. The second-order valence-electron chi connectivity index (χ2n) is 6.36. The molecule has 0 spiro atoms. The van der Waals surface area contributed by atoms with E-state index in [-0.39, 0.29) is 5.97 Å². The molecule has 0 aliphatic heterocycles. The lowest BCUT2D eigenvalue weighted by Gasteiger charge is -2.23. The molecule has 0 saturated heterocycles. The number of carbonyl (C=O) groups is 1. The summed E-state index contributed by atoms with van der Waals surface area (Å²) in [6.45, 7) is 4.54. The molecule has 0 unspecified atom stereocenters. The van der Waals surface area contributed by atoms with Crippen molar-refractivity contribution in [1.29, 1.82) is 0 Å². The normalized spacial score (nSPS) is 11.9. The summed E-state index contributed by atoms with van der Waals surface area (Å²) in [5, 5.41) is 1.33. The number of hydrogen-bond donors (Lipinski definition) is 0. The van der Waals surface area contributed by atoms with Crippen molar-refractivity contribution in [3.63, 3.8) is 0 Å². The van der Waals surface area contributed by atoms with Crippen LogP contribution in [0, 0.1) is 0 Å². The van der Waals surface area contributed by atoms with Gasteiger partial charge in [-0.3, -0.25) is 0 Å². The molecule has 4 heteroatoms. The molecule has 2 rings (SSSR count). The summed E-state index contributed by atoms with van der Waals surface area (Å²) in [5.41, 5.74) is 1.68. The van der Waals surface area contributed by atoms with Crippen molar-refractivity contribution in [2.45, 2.75) is 19.1 Å². The third-order valence-electron chi connectivity index (χ3n) is 4.09. The van der Waals surface area contributed by atoms with E-state index in [1.165, 1.54) is 12.3 Å². The zero-order chi connectivity index (χ0) is 17.6. The van der Waals surface area contributed by atoms with Crippen LogP contribution in [0.2, 0.25) is 19.1 Å². The first-order valence-electron chi connectivity index (χ1n) is 7.95. The van der Waals surface area contributed by atoms with Crippen molar-refractivity contribution in [2.75, 3.05) is 14.2 Å². The maximum Gasteiger partial charge on any atom is 0.333 e. The Hall–Kier alpha value is -2.33. The van der Waals surface area contributed by atoms with E-state index in [9.17, 15) is 4.79 Å². The smallest absolute Gasteiger partial charge is 0.333 e. The van der Waals surface area contributed by atoms with E-state index in [4.69, 9.17) is 9.47 Å². The van der Waals surface area contributed by atoms with Crippen LogP contribution in [0.4, 0.5) is 0 Å². The van der Waals surface area contributed by atoms with Gasteiger partial charge in [0.1, 0.15) is 5.75 Å². The summed E-state index contributed by atoms with van der Waals surface area (Å²) in [4.78, 5) is 12.3. The first kappa shape index (κ1) is 18.0. The van der Waals surface area contributed by atoms with Gasteiger partial charge in [-0.15, -0.1) is 0 Å². The Morgan fingerprint density at radius 2 is 1.62 bits per heavy atom. The zero-order valence-corrected chi connectivity index (χ0v) is 15.7. The van der Waals surface area contributed by atoms with Gasteiger partial charge in [-0.1, -0.05) is 60.7 Å². The fraction of sp³-hybridized carbons (Fsp3) is 0.250. The van der Waals surface area contributed by atoms with Gasteiger partial charge in [-0.25, -0.2) is 4.79 Å². The second-order valence-corrected chi connectivity index (χ2v) is 11.1. The highest BCUT2D eigenvalue weighted by atomic mass is 28.3. The number of methoxy groups -OCH3 is 2. The quantitative estimate of drug-likeness (QED) is 0.455. The van der Waals surface area contributed by atoms with E-state index >= 15 is 0 Å². The highest BCUT2D eigenvalue weighted by Gasteiger charge is 2.27. The molecule has 0 atom stereocenters. The van der Waals surface area contributed by atoms with Crippen molar-refractivity contribution in [3.05, 3.63) is 65.7 Å². The zero-order valence-electron chi connectivity index (χ0n) is 14.7. The first-order valence-corrected chi connectivity index (χ1v) is 11.2. The molecule has 3 nitrogen and oxygen atoms in total. The monoisotopic (exact) mass is 340 g/mol. The summed E-state index contributed by atoms with van der Waals surface area (Å²) in [6.07, 6.45) is 1.92.